The fraction of sp³-hybridized carbons (Fsp3) is 0.235. The van der Waals surface area contributed by atoms with E-state index in [4.69, 9.17) is 0 Å². The molecule has 0 fully saturated rings. The average Bonchev–Trinajstić information content (AvgIpc) is 2.70. The van der Waals surface area contributed by atoms with E-state index in [1.165, 1.54) is 18.2 Å². The van der Waals surface area contributed by atoms with Gasteiger partial charge in [-0.25, -0.2) is 8.78 Å². The molecular formula is C17H15F2NO2. The summed E-state index contributed by atoms with van der Waals surface area (Å²) >= 11 is 0. The Morgan fingerprint density at radius 2 is 1.82 bits per heavy atom. The Hall–Kier alpha value is -2.27. The minimum atomic E-state index is -1.30. The van der Waals surface area contributed by atoms with Gasteiger partial charge in [-0.1, -0.05) is 18.2 Å². The van der Waals surface area contributed by atoms with E-state index >= 15 is 0 Å². The molecule has 0 aromatic heterocycles. The van der Waals surface area contributed by atoms with E-state index < -0.39 is 23.2 Å². The van der Waals surface area contributed by atoms with E-state index in [2.05, 4.69) is 5.32 Å². The van der Waals surface area contributed by atoms with Gasteiger partial charge in [-0.05, 0) is 43.2 Å². The maximum absolute atomic E-state index is 14.2. The van der Waals surface area contributed by atoms with E-state index in [9.17, 15) is 18.7 Å². The number of hydrogen-bond acceptors (Lipinski definition) is 2. The van der Waals surface area contributed by atoms with Gasteiger partial charge >= 0.3 is 0 Å². The van der Waals surface area contributed by atoms with Crippen molar-refractivity contribution in [3.63, 3.8) is 0 Å². The lowest BCUT2D eigenvalue weighted by molar-refractivity contribution is -0.119. The normalized spacial score (nSPS) is 17.0. The van der Waals surface area contributed by atoms with Gasteiger partial charge in [0.2, 0.25) is 5.91 Å². The van der Waals surface area contributed by atoms with Crippen molar-refractivity contribution >= 4 is 11.6 Å². The molecule has 0 radical (unpaired) electrons. The third-order valence-corrected chi connectivity index (χ3v) is 4.11. The van der Waals surface area contributed by atoms with Crippen LogP contribution in [0.2, 0.25) is 0 Å². The zero-order chi connectivity index (χ0) is 16.1. The topological polar surface area (TPSA) is 49.3 Å². The average molecular weight is 303 g/mol. The molecule has 0 saturated carbocycles. The van der Waals surface area contributed by atoms with E-state index in [0.29, 0.717) is 5.56 Å². The van der Waals surface area contributed by atoms with Gasteiger partial charge in [-0.3, -0.25) is 4.79 Å². The molecule has 2 aromatic carbocycles. The zero-order valence-electron chi connectivity index (χ0n) is 12.2. The zero-order valence-corrected chi connectivity index (χ0v) is 12.2. The Balaban J connectivity index is 2.12. The van der Waals surface area contributed by atoms with Crippen molar-refractivity contribution in [3.05, 3.63) is 64.7 Å². The van der Waals surface area contributed by atoms with Gasteiger partial charge < -0.3 is 10.4 Å². The van der Waals surface area contributed by atoms with Crippen LogP contribution in [0.15, 0.2) is 36.4 Å². The van der Waals surface area contributed by atoms with Gasteiger partial charge in [0.1, 0.15) is 17.7 Å². The van der Waals surface area contributed by atoms with Crippen LogP contribution in [0.1, 0.15) is 36.6 Å². The van der Waals surface area contributed by atoms with Crippen LogP contribution in [-0.2, 0) is 10.2 Å². The Kier molecular flexibility index (Phi) is 3.25. The molecule has 3 nitrogen and oxygen atoms in total. The van der Waals surface area contributed by atoms with Crippen LogP contribution in [-0.4, -0.2) is 11.0 Å². The molecule has 1 amide bonds. The summed E-state index contributed by atoms with van der Waals surface area (Å²) in [4.78, 5) is 11.9. The van der Waals surface area contributed by atoms with Crippen molar-refractivity contribution in [3.8, 4) is 0 Å². The number of aliphatic hydroxyl groups excluding tert-OH is 1. The lowest BCUT2D eigenvalue weighted by atomic mass is 9.84. The van der Waals surface area contributed by atoms with E-state index in [1.807, 2.05) is 0 Å². The van der Waals surface area contributed by atoms with Gasteiger partial charge in [-0.15, -0.1) is 0 Å². The number of hydrogen-bond donors (Lipinski definition) is 2. The van der Waals surface area contributed by atoms with Crippen LogP contribution in [0.25, 0.3) is 0 Å². The third kappa shape index (κ3) is 2.09. The summed E-state index contributed by atoms with van der Waals surface area (Å²) in [5.41, 5.74) is -0.0357. The number of fused-ring (bicyclic) bond motifs is 1. The number of anilines is 1. The molecule has 0 aliphatic carbocycles. The van der Waals surface area contributed by atoms with Crippen LogP contribution in [0.5, 0.6) is 0 Å². The number of nitrogens with one attached hydrogen (secondary N) is 1. The molecule has 1 heterocycles. The highest BCUT2D eigenvalue weighted by atomic mass is 19.1. The first-order valence-corrected chi connectivity index (χ1v) is 6.90. The molecule has 1 aliphatic heterocycles. The Bertz CT molecular complexity index is 771. The van der Waals surface area contributed by atoms with Crippen molar-refractivity contribution in [2.24, 2.45) is 0 Å². The quantitative estimate of drug-likeness (QED) is 0.894. The van der Waals surface area contributed by atoms with Gasteiger partial charge in [0.15, 0.2) is 0 Å². The number of carbonyl (C=O) groups excluding carboxylic acids is 1. The largest absolute Gasteiger partial charge is 0.384 e. The number of rotatable bonds is 2. The minimum Gasteiger partial charge on any atom is -0.384 e. The van der Waals surface area contributed by atoms with Gasteiger partial charge in [0, 0.05) is 5.56 Å². The molecule has 1 atom stereocenters. The molecule has 0 saturated heterocycles. The summed E-state index contributed by atoms with van der Waals surface area (Å²) in [6.45, 7) is 3.35. The van der Waals surface area contributed by atoms with Gasteiger partial charge in [0.05, 0.1) is 11.1 Å². The molecule has 1 unspecified atom stereocenters. The van der Waals surface area contributed by atoms with E-state index in [0.717, 1.165) is 6.07 Å². The predicted molar refractivity (Wildman–Crippen MR) is 78.5 cm³/mol. The predicted octanol–water partition coefficient (Wildman–Crippen LogP) is 3.28. The van der Waals surface area contributed by atoms with E-state index in [-0.39, 0.29) is 22.7 Å². The smallest absolute Gasteiger partial charge is 0.234 e. The molecule has 2 N–H and O–H groups in total. The standard InChI is InChI=1S/C17H15F2NO2/c1-17(2)11-7-9(8-13(19)14(11)20-16(17)22)15(21)10-5-3-4-6-12(10)18/h3-8,15,21H,1-2H3,(H,20,22). The molecule has 1 aliphatic rings. The Morgan fingerprint density at radius 1 is 1.14 bits per heavy atom. The summed E-state index contributed by atoms with van der Waals surface area (Å²) in [7, 11) is 0. The second-order valence-corrected chi connectivity index (χ2v) is 5.93. The van der Waals surface area contributed by atoms with Crippen LogP contribution in [0.3, 0.4) is 0 Å². The maximum Gasteiger partial charge on any atom is 0.234 e. The number of carbonyl (C=O) groups is 1. The van der Waals surface area contributed by atoms with Crippen molar-refractivity contribution < 1.29 is 18.7 Å². The summed E-state index contributed by atoms with van der Waals surface area (Å²) in [6.07, 6.45) is -1.30. The van der Waals surface area contributed by atoms with Crippen LogP contribution in [0.4, 0.5) is 14.5 Å². The summed E-state index contributed by atoms with van der Waals surface area (Å²) in [6, 6.07) is 8.46. The molecule has 3 rings (SSSR count). The fourth-order valence-corrected chi connectivity index (χ4v) is 2.67. The van der Waals surface area contributed by atoms with Crippen molar-refractivity contribution in [2.75, 3.05) is 5.32 Å². The van der Waals surface area contributed by atoms with Crippen LogP contribution in [0, 0.1) is 11.6 Å². The highest BCUT2D eigenvalue weighted by molar-refractivity contribution is 6.05. The monoisotopic (exact) mass is 303 g/mol. The third-order valence-electron chi connectivity index (χ3n) is 4.11. The summed E-state index contributed by atoms with van der Waals surface area (Å²) in [5, 5.41) is 12.9. The number of aliphatic hydroxyl groups is 1. The second kappa shape index (κ2) is 4.88. The number of amides is 1. The highest BCUT2D eigenvalue weighted by Gasteiger charge is 2.40. The number of halogens is 2. The van der Waals surface area contributed by atoms with Gasteiger partial charge in [0.25, 0.3) is 0 Å². The van der Waals surface area contributed by atoms with Crippen molar-refractivity contribution in [1.82, 2.24) is 0 Å². The highest BCUT2D eigenvalue weighted by Crippen LogP contribution is 2.41. The van der Waals surface area contributed by atoms with Crippen LogP contribution >= 0.6 is 0 Å². The fourth-order valence-electron chi connectivity index (χ4n) is 2.67. The van der Waals surface area contributed by atoms with Crippen LogP contribution < -0.4 is 5.32 Å². The maximum atomic E-state index is 14.2. The molecule has 0 bridgehead atoms. The first kappa shape index (κ1) is 14.7. The molecule has 0 spiro atoms. The minimum absolute atomic E-state index is 0.0666. The molecule has 2 aromatic rings. The van der Waals surface area contributed by atoms with Crippen molar-refractivity contribution in [1.29, 1.82) is 0 Å². The number of benzene rings is 2. The van der Waals surface area contributed by atoms with E-state index in [1.54, 1.807) is 26.0 Å². The first-order valence-electron chi connectivity index (χ1n) is 6.90. The molecular weight excluding hydrogens is 288 g/mol. The Morgan fingerprint density at radius 3 is 2.50 bits per heavy atom. The van der Waals surface area contributed by atoms with Crippen molar-refractivity contribution in [2.45, 2.75) is 25.4 Å². The summed E-state index contributed by atoms with van der Waals surface area (Å²) < 4.78 is 28.0. The Labute approximate surface area is 126 Å². The van der Waals surface area contributed by atoms with Gasteiger partial charge in [-0.2, -0.15) is 0 Å². The lowest BCUT2D eigenvalue weighted by Crippen LogP contribution is -2.26. The molecule has 114 valence electrons. The first-order chi connectivity index (χ1) is 10.3. The second-order valence-electron chi connectivity index (χ2n) is 5.93. The SMILES string of the molecule is CC1(C)C(=O)Nc2c(F)cc(C(O)c3ccccc3F)cc21. The molecule has 5 heteroatoms. The molecule has 22 heavy (non-hydrogen) atoms. The lowest BCUT2D eigenvalue weighted by Gasteiger charge is -2.18. The summed E-state index contributed by atoms with van der Waals surface area (Å²) in [5.74, 6) is -1.51.